The average Bonchev–Trinajstić information content (AvgIpc) is 2.74. The molecule has 5 atom stereocenters. The monoisotopic (exact) mass is 192 g/mol. The fourth-order valence-electron chi connectivity index (χ4n) is 3.97. The molecule has 2 saturated carbocycles. The number of hydrogen-bond donors (Lipinski definition) is 0. The van der Waals surface area contributed by atoms with E-state index in [2.05, 4.69) is 26.0 Å². The minimum Gasteiger partial charge on any atom is -0.371 e. The molecule has 0 aromatic carbocycles. The van der Waals surface area contributed by atoms with E-state index in [1.165, 1.54) is 19.3 Å². The maximum Gasteiger partial charge on any atom is 0.0795 e. The molecule has 0 N–H and O–H groups in total. The van der Waals surface area contributed by atoms with E-state index < -0.39 is 0 Å². The number of allylic oxidation sites excluding steroid dienone is 1. The number of rotatable bonds is 2. The lowest BCUT2D eigenvalue weighted by Gasteiger charge is -2.30. The van der Waals surface area contributed by atoms with E-state index in [-0.39, 0.29) is 0 Å². The van der Waals surface area contributed by atoms with E-state index in [4.69, 9.17) is 4.74 Å². The van der Waals surface area contributed by atoms with Crippen LogP contribution in [0.25, 0.3) is 0 Å². The van der Waals surface area contributed by atoms with Crippen LogP contribution in [0, 0.1) is 23.7 Å². The van der Waals surface area contributed by atoms with E-state index >= 15 is 0 Å². The molecule has 0 saturated heterocycles. The van der Waals surface area contributed by atoms with Gasteiger partial charge in [0.25, 0.3) is 0 Å². The number of hydrogen-bond acceptors (Lipinski definition) is 1. The van der Waals surface area contributed by atoms with Crippen molar-refractivity contribution in [1.82, 2.24) is 0 Å². The molecule has 1 nitrogen and oxygen atoms in total. The van der Waals surface area contributed by atoms with Crippen molar-refractivity contribution >= 4 is 0 Å². The molecular formula is C13H20O. The van der Waals surface area contributed by atoms with E-state index in [1.807, 2.05) is 0 Å². The molecule has 2 unspecified atom stereocenters. The largest absolute Gasteiger partial charge is 0.371 e. The quantitative estimate of drug-likeness (QED) is 0.611. The maximum atomic E-state index is 5.99. The van der Waals surface area contributed by atoms with E-state index in [1.54, 1.807) is 0 Å². The SMILES string of the molecule is CC(C)O[C@H]1C=CC2C1[C@H]1CC[C@@H]2C1. The Morgan fingerprint density at radius 1 is 1.14 bits per heavy atom. The Labute approximate surface area is 86.5 Å². The van der Waals surface area contributed by atoms with Gasteiger partial charge in [-0.1, -0.05) is 12.2 Å². The van der Waals surface area contributed by atoms with Crippen LogP contribution in [-0.4, -0.2) is 12.2 Å². The first-order valence-corrected chi connectivity index (χ1v) is 6.09. The summed E-state index contributed by atoms with van der Waals surface area (Å²) in [7, 11) is 0. The smallest absolute Gasteiger partial charge is 0.0795 e. The summed E-state index contributed by atoms with van der Waals surface area (Å²) in [6.45, 7) is 4.29. The summed E-state index contributed by atoms with van der Waals surface area (Å²) >= 11 is 0. The van der Waals surface area contributed by atoms with Crippen LogP contribution < -0.4 is 0 Å². The Morgan fingerprint density at radius 3 is 2.71 bits per heavy atom. The predicted molar refractivity (Wildman–Crippen MR) is 57.0 cm³/mol. The third-order valence-electron chi connectivity index (χ3n) is 4.38. The Hall–Kier alpha value is -0.300. The Kier molecular flexibility index (Phi) is 1.98. The van der Waals surface area contributed by atoms with Gasteiger partial charge in [0.15, 0.2) is 0 Å². The van der Waals surface area contributed by atoms with Gasteiger partial charge < -0.3 is 4.74 Å². The summed E-state index contributed by atoms with van der Waals surface area (Å²) in [6, 6.07) is 0. The average molecular weight is 192 g/mol. The maximum absolute atomic E-state index is 5.99. The molecule has 0 aromatic rings. The third kappa shape index (κ3) is 1.18. The molecule has 14 heavy (non-hydrogen) atoms. The summed E-state index contributed by atoms with van der Waals surface area (Å²) in [5.74, 6) is 3.69. The van der Waals surface area contributed by atoms with E-state index in [9.17, 15) is 0 Å². The normalized spacial score (nSPS) is 49.2. The highest BCUT2D eigenvalue weighted by molar-refractivity contribution is 5.17. The Balaban J connectivity index is 1.76. The highest BCUT2D eigenvalue weighted by Gasteiger charge is 2.51. The van der Waals surface area contributed by atoms with Gasteiger partial charge in [-0.25, -0.2) is 0 Å². The van der Waals surface area contributed by atoms with Crippen molar-refractivity contribution in [2.45, 2.75) is 45.3 Å². The minimum atomic E-state index is 0.377. The molecule has 0 heterocycles. The van der Waals surface area contributed by atoms with Gasteiger partial charge in [-0.2, -0.15) is 0 Å². The first-order chi connectivity index (χ1) is 6.75. The second-order valence-corrected chi connectivity index (χ2v) is 5.52. The zero-order chi connectivity index (χ0) is 9.71. The van der Waals surface area contributed by atoms with Crippen molar-refractivity contribution in [1.29, 1.82) is 0 Å². The highest BCUT2D eigenvalue weighted by atomic mass is 16.5. The second kappa shape index (κ2) is 3.10. The topological polar surface area (TPSA) is 9.23 Å². The summed E-state index contributed by atoms with van der Waals surface area (Å²) in [4.78, 5) is 0. The van der Waals surface area contributed by atoms with Crippen molar-refractivity contribution in [3.63, 3.8) is 0 Å². The van der Waals surface area contributed by atoms with Crippen LogP contribution in [-0.2, 0) is 4.74 Å². The van der Waals surface area contributed by atoms with Crippen molar-refractivity contribution in [2.75, 3.05) is 0 Å². The van der Waals surface area contributed by atoms with Crippen LogP contribution >= 0.6 is 0 Å². The third-order valence-corrected chi connectivity index (χ3v) is 4.38. The molecule has 1 heteroatoms. The fourth-order valence-corrected chi connectivity index (χ4v) is 3.97. The van der Waals surface area contributed by atoms with Gasteiger partial charge in [0.2, 0.25) is 0 Å². The lowest BCUT2D eigenvalue weighted by Crippen LogP contribution is -2.30. The van der Waals surface area contributed by atoms with Gasteiger partial charge in [-0.05, 0) is 56.8 Å². The molecule has 3 aliphatic carbocycles. The van der Waals surface area contributed by atoms with Crippen LogP contribution in [0.5, 0.6) is 0 Å². The Morgan fingerprint density at radius 2 is 1.93 bits per heavy atom. The number of fused-ring (bicyclic) bond motifs is 5. The molecule has 0 aliphatic heterocycles. The van der Waals surface area contributed by atoms with Gasteiger partial charge in [-0.3, -0.25) is 0 Å². The molecule has 2 bridgehead atoms. The number of ether oxygens (including phenoxy) is 1. The standard InChI is InChI=1S/C13H20O/c1-8(2)14-12-6-5-11-9-3-4-10(7-9)13(11)12/h5-6,8-13H,3-4,7H2,1-2H3/t9-,10+,11?,12+,13?/m1/s1. The molecule has 3 aliphatic rings. The lowest BCUT2D eigenvalue weighted by atomic mass is 9.80. The van der Waals surface area contributed by atoms with Gasteiger partial charge in [-0.15, -0.1) is 0 Å². The molecule has 0 spiro atoms. The molecule has 0 amide bonds. The first kappa shape index (κ1) is 8.96. The van der Waals surface area contributed by atoms with Crippen LogP contribution in [0.3, 0.4) is 0 Å². The molecule has 0 radical (unpaired) electrons. The molecule has 78 valence electrons. The van der Waals surface area contributed by atoms with Gasteiger partial charge in [0, 0.05) is 0 Å². The highest BCUT2D eigenvalue weighted by Crippen LogP contribution is 2.56. The summed E-state index contributed by atoms with van der Waals surface area (Å²) in [6.07, 6.45) is 10.0. The van der Waals surface area contributed by atoms with Crippen LogP contribution in [0.2, 0.25) is 0 Å². The van der Waals surface area contributed by atoms with Gasteiger partial charge >= 0.3 is 0 Å². The fraction of sp³-hybridized carbons (Fsp3) is 0.846. The molecule has 0 aromatic heterocycles. The Bertz CT molecular complexity index is 256. The van der Waals surface area contributed by atoms with Crippen molar-refractivity contribution < 1.29 is 4.74 Å². The molecule has 2 fully saturated rings. The van der Waals surface area contributed by atoms with Gasteiger partial charge in [0.1, 0.15) is 0 Å². The van der Waals surface area contributed by atoms with Crippen molar-refractivity contribution in [2.24, 2.45) is 23.7 Å². The summed E-state index contributed by atoms with van der Waals surface area (Å²) < 4.78 is 5.99. The minimum absolute atomic E-state index is 0.377. The first-order valence-electron chi connectivity index (χ1n) is 6.09. The van der Waals surface area contributed by atoms with Crippen LogP contribution in [0.15, 0.2) is 12.2 Å². The van der Waals surface area contributed by atoms with Crippen LogP contribution in [0.1, 0.15) is 33.1 Å². The second-order valence-electron chi connectivity index (χ2n) is 5.52. The van der Waals surface area contributed by atoms with Crippen LogP contribution in [0.4, 0.5) is 0 Å². The zero-order valence-corrected chi connectivity index (χ0v) is 9.15. The lowest BCUT2D eigenvalue weighted by molar-refractivity contribution is -0.0135. The predicted octanol–water partition coefficient (Wildman–Crippen LogP) is 3.01. The zero-order valence-electron chi connectivity index (χ0n) is 9.15. The van der Waals surface area contributed by atoms with Crippen molar-refractivity contribution in [3.8, 4) is 0 Å². The van der Waals surface area contributed by atoms with E-state index in [0.717, 1.165) is 23.7 Å². The molecule has 3 rings (SSSR count). The van der Waals surface area contributed by atoms with Crippen molar-refractivity contribution in [3.05, 3.63) is 12.2 Å². The van der Waals surface area contributed by atoms with E-state index in [0.29, 0.717) is 12.2 Å². The summed E-state index contributed by atoms with van der Waals surface area (Å²) in [5.41, 5.74) is 0. The summed E-state index contributed by atoms with van der Waals surface area (Å²) in [5, 5.41) is 0. The molecular weight excluding hydrogens is 172 g/mol. The van der Waals surface area contributed by atoms with Gasteiger partial charge in [0.05, 0.1) is 12.2 Å².